The van der Waals surface area contributed by atoms with Crippen LogP contribution in [0.3, 0.4) is 0 Å². The molecule has 0 aliphatic heterocycles. The summed E-state index contributed by atoms with van der Waals surface area (Å²) in [5, 5.41) is 5.55. The third kappa shape index (κ3) is 4.55. The molecule has 6 nitrogen and oxygen atoms in total. The summed E-state index contributed by atoms with van der Waals surface area (Å²) >= 11 is 3.35. The van der Waals surface area contributed by atoms with E-state index in [9.17, 15) is 4.79 Å². The van der Waals surface area contributed by atoms with Gasteiger partial charge in [0.1, 0.15) is 17.2 Å². The van der Waals surface area contributed by atoms with Crippen molar-refractivity contribution in [3.8, 4) is 17.2 Å². The Morgan fingerprint density at radius 3 is 2.08 bits per heavy atom. The van der Waals surface area contributed by atoms with Gasteiger partial charge in [-0.05, 0) is 24.3 Å². The Balaban J connectivity index is 2.07. The van der Waals surface area contributed by atoms with Crippen molar-refractivity contribution in [3.05, 3.63) is 46.4 Å². The van der Waals surface area contributed by atoms with Crippen molar-refractivity contribution in [2.45, 2.75) is 6.54 Å². The van der Waals surface area contributed by atoms with Gasteiger partial charge in [-0.2, -0.15) is 0 Å². The number of benzene rings is 2. The minimum atomic E-state index is -0.322. The molecule has 0 radical (unpaired) electrons. The van der Waals surface area contributed by atoms with E-state index in [2.05, 4.69) is 26.6 Å². The van der Waals surface area contributed by atoms with E-state index in [-0.39, 0.29) is 12.6 Å². The fourth-order valence-corrected chi connectivity index (χ4v) is 2.39. The van der Waals surface area contributed by atoms with Crippen LogP contribution in [0.15, 0.2) is 40.9 Å². The molecule has 0 aliphatic carbocycles. The van der Waals surface area contributed by atoms with Gasteiger partial charge in [-0.15, -0.1) is 0 Å². The predicted octanol–water partition coefficient (Wildman–Crippen LogP) is 3.80. The molecule has 0 fully saturated rings. The standard InChI is InChI=1S/C17H19BrN2O4/c1-22-13-8-15(23-2)14(16(9-13)24-3)10-19-17(21)20-12-6-4-11(18)5-7-12/h4-9H,10H2,1-3H3,(H2,19,20,21). The molecule has 2 N–H and O–H groups in total. The molecule has 0 aliphatic rings. The topological polar surface area (TPSA) is 68.8 Å². The summed E-state index contributed by atoms with van der Waals surface area (Å²) in [6.07, 6.45) is 0. The molecule has 0 bridgehead atoms. The predicted molar refractivity (Wildman–Crippen MR) is 96.1 cm³/mol. The maximum Gasteiger partial charge on any atom is 0.319 e. The van der Waals surface area contributed by atoms with Crippen molar-refractivity contribution in [1.82, 2.24) is 5.32 Å². The highest BCUT2D eigenvalue weighted by atomic mass is 79.9. The minimum absolute atomic E-state index is 0.249. The number of nitrogens with one attached hydrogen (secondary N) is 2. The number of hydrogen-bond acceptors (Lipinski definition) is 4. The number of carbonyl (C=O) groups is 1. The monoisotopic (exact) mass is 394 g/mol. The van der Waals surface area contributed by atoms with E-state index in [0.29, 0.717) is 22.9 Å². The zero-order valence-corrected chi connectivity index (χ0v) is 15.3. The zero-order valence-electron chi connectivity index (χ0n) is 13.7. The van der Waals surface area contributed by atoms with Gasteiger partial charge in [0.25, 0.3) is 0 Å². The molecule has 0 heterocycles. The number of anilines is 1. The first-order chi connectivity index (χ1) is 11.6. The maximum absolute atomic E-state index is 12.1. The van der Waals surface area contributed by atoms with Crippen LogP contribution in [0.4, 0.5) is 10.5 Å². The van der Waals surface area contributed by atoms with Crippen LogP contribution in [-0.2, 0) is 6.54 Å². The lowest BCUT2D eigenvalue weighted by Gasteiger charge is -2.16. The number of rotatable bonds is 6. The van der Waals surface area contributed by atoms with Crippen LogP contribution in [0.25, 0.3) is 0 Å². The number of carbonyl (C=O) groups excluding carboxylic acids is 1. The molecule has 0 spiro atoms. The van der Waals surface area contributed by atoms with E-state index in [0.717, 1.165) is 10.0 Å². The fourth-order valence-electron chi connectivity index (χ4n) is 2.13. The number of ether oxygens (including phenoxy) is 3. The molecule has 2 rings (SSSR count). The molecule has 2 aromatic rings. The van der Waals surface area contributed by atoms with E-state index in [1.165, 1.54) is 0 Å². The first-order valence-electron chi connectivity index (χ1n) is 7.16. The molecular formula is C17H19BrN2O4. The van der Waals surface area contributed by atoms with Crippen molar-refractivity contribution in [2.24, 2.45) is 0 Å². The molecule has 0 saturated heterocycles. The Bertz CT molecular complexity index is 679. The van der Waals surface area contributed by atoms with Gasteiger partial charge in [-0.1, -0.05) is 15.9 Å². The third-order valence-electron chi connectivity index (χ3n) is 3.34. The summed E-state index contributed by atoms with van der Waals surface area (Å²) in [7, 11) is 4.68. The normalized spacial score (nSPS) is 10.0. The number of halogens is 1. The van der Waals surface area contributed by atoms with Gasteiger partial charge < -0.3 is 24.8 Å². The van der Waals surface area contributed by atoms with Crippen LogP contribution < -0.4 is 24.8 Å². The number of amides is 2. The second-order valence-corrected chi connectivity index (χ2v) is 5.74. The van der Waals surface area contributed by atoms with Gasteiger partial charge in [0.05, 0.1) is 33.4 Å². The van der Waals surface area contributed by atoms with Gasteiger partial charge >= 0.3 is 6.03 Å². The first-order valence-corrected chi connectivity index (χ1v) is 7.96. The Hall–Kier alpha value is -2.41. The van der Waals surface area contributed by atoms with E-state index >= 15 is 0 Å². The van der Waals surface area contributed by atoms with Gasteiger partial charge in [0, 0.05) is 22.3 Å². The van der Waals surface area contributed by atoms with Crippen LogP contribution in [0.5, 0.6) is 17.2 Å². The van der Waals surface area contributed by atoms with Gasteiger partial charge in [0.15, 0.2) is 0 Å². The van der Waals surface area contributed by atoms with E-state index < -0.39 is 0 Å². The largest absolute Gasteiger partial charge is 0.496 e. The number of urea groups is 1. The number of methoxy groups -OCH3 is 3. The fraction of sp³-hybridized carbons (Fsp3) is 0.235. The lowest BCUT2D eigenvalue weighted by Crippen LogP contribution is -2.28. The summed E-state index contributed by atoms with van der Waals surface area (Å²) in [5.74, 6) is 1.78. The second-order valence-electron chi connectivity index (χ2n) is 4.83. The van der Waals surface area contributed by atoms with Crippen LogP contribution in [0.1, 0.15) is 5.56 Å². The summed E-state index contributed by atoms with van der Waals surface area (Å²) in [4.78, 5) is 12.1. The van der Waals surface area contributed by atoms with Crippen molar-refractivity contribution in [2.75, 3.05) is 26.6 Å². The molecule has 24 heavy (non-hydrogen) atoms. The molecule has 2 aromatic carbocycles. The summed E-state index contributed by atoms with van der Waals surface area (Å²) in [6, 6.07) is 10.5. The SMILES string of the molecule is COc1cc(OC)c(CNC(=O)Nc2ccc(Br)cc2)c(OC)c1. The molecule has 0 saturated carbocycles. The lowest BCUT2D eigenvalue weighted by atomic mass is 10.1. The lowest BCUT2D eigenvalue weighted by molar-refractivity contribution is 0.251. The van der Waals surface area contributed by atoms with E-state index in [1.807, 2.05) is 12.1 Å². The smallest absolute Gasteiger partial charge is 0.319 e. The minimum Gasteiger partial charge on any atom is -0.496 e. The molecule has 7 heteroatoms. The first kappa shape index (κ1) is 17.9. The van der Waals surface area contributed by atoms with Gasteiger partial charge in [0.2, 0.25) is 0 Å². The molecule has 2 amide bonds. The Morgan fingerprint density at radius 2 is 1.58 bits per heavy atom. The van der Waals surface area contributed by atoms with Crippen LogP contribution >= 0.6 is 15.9 Å². The molecular weight excluding hydrogens is 376 g/mol. The van der Waals surface area contributed by atoms with Crippen LogP contribution in [0, 0.1) is 0 Å². The molecule has 0 aromatic heterocycles. The zero-order chi connectivity index (χ0) is 17.5. The molecule has 0 atom stereocenters. The van der Waals surface area contributed by atoms with Crippen molar-refractivity contribution in [1.29, 1.82) is 0 Å². The van der Waals surface area contributed by atoms with Crippen LogP contribution in [0.2, 0.25) is 0 Å². The Kier molecular flexibility index (Phi) is 6.31. The quantitative estimate of drug-likeness (QED) is 0.781. The summed E-state index contributed by atoms with van der Waals surface area (Å²) in [5.41, 5.74) is 1.43. The highest BCUT2D eigenvalue weighted by Gasteiger charge is 2.14. The third-order valence-corrected chi connectivity index (χ3v) is 3.87. The molecule has 128 valence electrons. The molecule has 0 unspecified atom stereocenters. The number of hydrogen-bond donors (Lipinski definition) is 2. The van der Waals surface area contributed by atoms with Crippen molar-refractivity contribution < 1.29 is 19.0 Å². The summed E-state index contributed by atoms with van der Waals surface area (Å²) < 4.78 is 16.9. The van der Waals surface area contributed by atoms with E-state index in [4.69, 9.17) is 14.2 Å². The highest BCUT2D eigenvalue weighted by Crippen LogP contribution is 2.33. The average molecular weight is 395 g/mol. The van der Waals surface area contributed by atoms with Crippen LogP contribution in [-0.4, -0.2) is 27.4 Å². The van der Waals surface area contributed by atoms with E-state index in [1.54, 1.807) is 45.6 Å². The Labute approximate surface area is 149 Å². The van der Waals surface area contributed by atoms with Gasteiger partial charge in [-0.3, -0.25) is 0 Å². The van der Waals surface area contributed by atoms with Crippen molar-refractivity contribution in [3.63, 3.8) is 0 Å². The highest BCUT2D eigenvalue weighted by molar-refractivity contribution is 9.10. The average Bonchev–Trinajstić information content (AvgIpc) is 2.61. The Morgan fingerprint density at radius 1 is 1.00 bits per heavy atom. The second kappa shape index (κ2) is 8.44. The van der Waals surface area contributed by atoms with Gasteiger partial charge in [-0.25, -0.2) is 4.79 Å². The maximum atomic E-state index is 12.1. The summed E-state index contributed by atoms with van der Waals surface area (Å²) in [6.45, 7) is 0.249. The van der Waals surface area contributed by atoms with Crippen molar-refractivity contribution >= 4 is 27.6 Å².